The van der Waals surface area contributed by atoms with Gasteiger partial charge in [-0.25, -0.2) is 4.90 Å². The van der Waals surface area contributed by atoms with E-state index in [-0.39, 0.29) is 23.5 Å². The largest absolute Gasteiger partial charge is 0.299 e. The number of imide groups is 1. The van der Waals surface area contributed by atoms with Crippen molar-refractivity contribution >= 4 is 23.3 Å². The van der Waals surface area contributed by atoms with Gasteiger partial charge < -0.3 is 0 Å². The van der Waals surface area contributed by atoms with Crippen LogP contribution in [0.15, 0.2) is 42.5 Å². The van der Waals surface area contributed by atoms with Crippen LogP contribution in [0.3, 0.4) is 0 Å². The van der Waals surface area contributed by atoms with Gasteiger partial charge in [0.05, 0.1) is 23.4 Å². The van der Waals surface area contributed by atoms with Crippen molar-refractivity contribution in [3.63, 3.8) is 0 Å². The van der Waals surface area contributed by atoms with Crippen LogP contribution in [-0.2, 0) is 14.4 Å². The number of rotatable bonds is 1. The second-order valence-corrected chi connectivity index (χ2v) is 7.74. The molecule has 2 fully saturated rings. The lowest BCUT2D eigenvalue weighted by atomic mass is 9.56. The van der Waals surface area contributed by atoms with Crippen LogP contribution in [-0.4, -0.2) is 17.6 Å². The van der Waals surface area contributed by atoms with Crippen LogP contribution in [0.5, 0.6) is 0 Å². The van der Waals surface area contributed by atoms with Crippen LogP contribution in [0, 0.1) is 25.7 Å². The number of anilines is 1. The average Bonchev–Trinajstić information content (AvgIpc) is 2.89. The van der Waals surface area contributed by atoms with E-state index in [9.17, 15) is 14.4 Å². The quantitative estimate of drug-likeness (QED) is 0.746. The molecule has 4 atom stereocenters. The molecule has 4 nitrogen and oxygen atoms in total. The highest BCUT2D eigenvalue weighted by molar-refractivity contribution is 6.25. The molecule has 1 saturated carbocycles. The zero-order valence-electron chi connectivity index (χ0n) is 14.7. The Morgan fingerprint density at radius 2 is 1.58 bits per heavy atom. The molecule has 26 heavy (non-hydrogen) atoms. The zero-order valence-corrected chi connectivity index (χ0v) is 14.7. The molecule has 2 bridgehead atoms. The van der Waals surface area contributed by atoms with Crippen molar-refractivity contribution in [1.29, 1.82) is 0 Å². The smallest absolute Gasteiger partial charge is 0.238 e. The van der Waals surface area contributed by atoms with E-state index in [1.54, 1.807) is 0 Å². The van der Waals surface area contributed by atoms with Crippen LogP contribution in [0.2, 0.25) is 0 Å². The summed E-state index contributed by atoms with van der Waals surface area (Å²) in [6.45, 7) is 3.86. The van der Waals surface area contributed by atoms with Gasteiger partial charge in [0.15, 0.2) is 0 Å². The van der Waals surface area contributed by atoms with E-state index in [4.69, 9.17) is 0 Å². The molecule has 130 valence electrons. The molecule has 1 heterocycles. The van der Waals surface area contributed by atoms with Gasteiger partial charge in [0.2, 0.25) is 11.8 Å². The predicted molar refractivity (Wildman–Crippen MR) is 96.9 cm³/mol. The van der Waals surface area contributed by atoms with Crippen LogP contribution in [0.4, 0.5) is 5.69 Å². The zero-order chi connectivity index (χ0) is 18.2. The summed E-state index contributed by atoms with van der Waals surface area (Å²) in [6.07, 6.45) is 0.364. The first kappa shape index (κ1) is 15.5. The average molecular weight is 345 g/mol. The number of Topliss-reactive ketones (excluding diaryl/α,β-unsaturated/α-hetero) is 1. The lowest BCUT2D eigenvalue weighted by Gasteiger charge is -2.43. The summed E-state index contributed by atoms with van der Waals surface area (Å²) in [5.41, 5.74) is 4.57. The maximum absolute atomic E-state index is 13.3. The molecule has 0 unspecified atom stereocenters. The Balaban J connectivity index is 1.68. The third-order valence-electron chi connectivity index (χ3n) is 6.29. The predicted octanol–water partition coefficient (Wildman–Crippen LogP) is 3.26. The van der Waals surface area contributed by atoms with Gasteiger partial charge in [0.25, 0.3) is 0 Å². The summed E-state index contributed by atoms with van der Waals surface area (Å²) < 4.78 is 0. The standard InChI is InChI=1S/C22H19NO3/c1-11-7-8-12(2)16(9-11)23-21(25)19-15-10-17(24)18(20(19)22(23)26)14-6-4-3-5-13(14)15/h3-9,15,18-20H,10H2,1-2H3/t15-,18-,19+,20+/m1/s1. The van der Waals surface area contributed by atoms with Crippen LogP contribution < -0.4 is 4.90 Å². The second kappa shape index (κ2) is 5.13. The summed E-state index contributed by atoms with van der Waals surface area (Å²) in [7, 11) is 0. The van der Waals surface area contributed by atoms with Gasteiger partial charge in [0.1, 0.15) is 5.78 Å². The van der Waals surface area contributed by atoms with Crippen LogP contribution in [0.1, 0.15) is 40.5 Å². The summed E-state index contributed by atoms with van der Waals surface area (Å²) >= 11 is 0. The van der Waals surface area contributed by atoms with Gasteiger partial charge in [-0.2, -0.15) is 0 Å². The molecular weight excluding hydrogens is 326 g/mol. The monoisotopic (exact) mass is 345 g/mol. The van der Waals surface area contributed by atoms with Crippen LogP contribution in [0.25, 0.3) is 0 Å². The van der Waals surface area contributed by atoms with Gasteiger partial charge in [-0.15, -0.1) is 0 Å². The van der Waals surface area contributed by atoms with E-state index < -0.39 is 17.8 Å². The highest BCUT2D eigenvalue weighted by Gasteiger charge is 2.62. The Morgan fingerprint density at radius 3 is 2.35 bits per heavy atom. The van der Waals surface area contributed by atoms with Crippen molar-refractivity contribution in [3.05, 3.63) is 64.7 Å². The molecule has 4 aliphatic rings. The molecule has 0 radical (unpaired) electrons. The normalized spacial score (nSPS) is 29.2. The number of carbonyl (C=O) groups is 3. The molecule has 1 saturated heterocycles. The molecule has 2 amide bonds. The number of fused-ring (bicyclic) bond motifs is 1. The number of ketones is 1. The molecule has 0 spiro atoms. The SMILES string of the molecule is Cc1ccc(C)c(N2C(=O)[C@@H]3[C@@H](C2=O)[C@H]2C(=O)C[C@@H]3c3ccccc32)c1. The number of hydrogen-bond donors (Lipinski definition) is 0. The molecule has 4 heteroatoms. The van der Waals surface area contributed by atoms with E-state index in [0.29, 0.717) is 12.1 Å². The van der Waals surface area contributed by atoms with Crippen molar-refractivity contribution < 1.29 is 14.4 Å². The fraction of sp³-hybridized carbons (Fsp3) is 0.318. The third-order valence-corrected chi connectivity index (χ3v) is 6.29. The molecule has 2 aromatic carbocycles. The Bertz CT molecular complexity index is 993. The fourth-order valence-electron chi connectivity index (χ4n) is 5.16. The third kappa shape index (κ3) is 1.82. The van der Waals surface area contributed by atoms with Crippen LogP contribution >= 0.6 is 0 Å². The van der Waals surface area contributed by atoms with Crippen molar-refractivity contribution in [2.45, 2.75) is 32.1 Å². The maximum atomic E-state index is 13.3. The number of benzene rings is 2. The van der Waals surface area contributed by atoms with Crippen molar-refractivity contribution in [2.75, 3.05) is 4.90 Å². The van der Waals surface area contributed by atoms with Crippen molar-refractivity contribution in [2.24, 2.45) is 11.8 Å². The van der Waals surface area contributed by atoms with Crippen molar-refractivity contribution in [3.8, 4) is 0 Å². The molecule has 0 N–H and O–H groups in total. The fourth-order valence-corrected chi connectivity index (χ4v) is 5.16. The summed E-state index contributed by atoms with van der Waals surface area (Å²) in [5.74, 6) is -1.90. The molecule has 1 aliphatic heterocycles. The highest BCUT2D eigenvalue weighted by Crippen LogP contribution is 2.57. The molecule has 6 rings (SSSR count). The first-order chi connectivity index (χ1) is 12.5. The van der Waals surface area contributed by atoms with E-state index in [1.807, 2.05) is 56.3 Å². The minimum Gasteiger partial charge on any atom is -0.299 e. The number of nitrogens with zero attached hydrogens (tertiary/aromatic N) is 1. The Kier molecular flexibility index (Phi) is 3.06. The van der Waals surface area contributed by atoms with E-state index >= 15 is 0 Å². The molecule has 3 aliphatic carbocycles. The minimum absolute atomic E-state index is 0.0962. The summed E-state index contributed by atoms with van der Waals surface area (Å²) in [5, 5.41) is 0. The highest BCUT2D eigenvalue weighted by atomic mass is 16.2. The second-order valence-electron chi connectivity index (χ2n) is 7.74. The number of amides is 2. The number of hydrogen-bond acceptors (Lipinski definition) is 3. The lowest BCUT2D eigenvalue weighted by Crippen LogP contribution is -2.44. The number of carbonyl (C=O) groups excluding carboxylic acids is 3. The summed E-state index contributed by atoms with van der Waals surface area (Å²) in [6, 6.07) is 13.6. The maximum Gasteiger partial charge on any atom is 0.238 e. The van der Waals surface area contributed by atoms with Crippen molar-refractivity contribution in [1.82, 2.24) is 0 Å². The van der Waals surface area contributed by atoms with E-state index in [1.165, 1.54) is 4.90 Å². The Hall–Kier alpha value is -2.75. The van der Waals surface area contributed by atoms with Gasteiger partial charge in [0, 0.05) is 12.3 Å². The first-order valence-electron chi connectivity index (χ1n) is 9.05. The Labute approximate surface area is 151 Å². The minimum atomic E-state index is -0.552. The van der Waals surface area contributed by atoms with Gasteiger partial charge >= 0.3 is 0 Å². The van der Waals surface area contributed by atoms with Gasteiger partial charge in [-0.3, -0.25) is 14.4 Å². The molecular formula is C22H19NO3. The van der Waals surface area contributed by atoms with Gasteiger partial charge in [-0.05, 0) is 42.2 Å². The van der Waals surface area contributed by atoms with Gasteiger partial charge in [-0.1, -0.05) is 36.4 Å². The van der Waals surface area contributed by atoms with E-state index in [0.717, 1.165) is 22.3 Å². The molecule has 2 aromatic rings. The molecule has 0 aromatic heterocycles. The Morgan fingerprint density at radius 1 is 0.885 bits per heavy atom. The topological polar surface area (TPSA) is 54.5 Å². The lowest BCUT2D eigenvalue weighted by molar-refractivity contribution is -0.134. The summed E-state index contributed by atoms with van der Waals surface area (Å²) in [4.78, 5) is 40.7. The first-order valence-corrected chi connectivity index (χ1v) is 9.05. The number of aryl methyl sites for hydroxylation is 2. The van der Waals surface area contributed by atoms with E-state index in [2.05, 4.69) is 0 Å².